The van der Waals surface area contributed by atoms with Crippen LogP contribution < -0.4 is 15.1 Å². The zero-order valence-electron chi connectivity index (χ0n) is 67.5. The average Bonchev–Trinajstić information content (AvgIpc) is 1.43. The highest BCUT2D eigenvalue weighted by Crippen LogP contribution is 2.37. The van der Waals surface area contributed by atoms with Crippen molar-refractivity contribution in [1.82, 2.24) is 111 Å². The highest BCUT2D eigenvalue weighted by Gasteiger charge is 2.41. The molecule has 0 aliphatic heterocycles. The predicted octanol–water partition coefficient (Wildman–Crippen LogP) is 16.8. The molecule has 0 radical (unpaired) electrons. The van der Waals surface area contributed by atoms with Gasteiger partial charge in [-0.1, -0.05) is 54.6 Å². The number of thiophene rings is 3. The van der Waals surface area contributed by atoms with E-state index in [-0.39, 0.29) is 69.3 Å². The Morgan fingerprint density at radius 2 is 0.748 bits per heavy atom. The summed E-state index contributed by atoms with van der Waals surface area (Å²) >= 11 is 17.8. The van der Waals surface area contributed by atoms with Crippen molar-refractivity contribution in [2.24, 2.45) is 0 Å². The van der Waals surface area contributed by atoms with Gasteiger partial charge in [0.25, 0.3) is 0 Å². The summed E-state index contributed by atoms with van der Waals surface area (Å²) in [6.45, 7) is 16.4. The van der Waals surface area contributed by atoms with Crippen molar-refractivity contribution in [3.63, 3.8) is 0 Å². The molecule has 14 aromatic rings. The van der Waals surface area contributed by atoms with Gasteiger partial charge in [-0.3, -0.25) is 15.0 Å². The third kappa shape index (κ3) is 31.4. The molecule has 0 fully saturated rings. The molecule has 1 unspecified atom stereocenters. The number of alkyl halides is 10. The van der Waals surface area contributed by atoms with Gasteiger partial charge in [0.05, 0.1) is 47.6 Å². The van der Waals surface area contributed by atoms with Gasteiger partial charge in [0.2, 0.25) is 17.5 Å². The van der Waals surface area contributed by atoms with Crippen LogP contribution >= 0.6 is 83.0 Å². The van der Waals surface area contributed by atoms with Crippen LogP contribution in [0.4, 0.5) is 74.4 Å². The van der Waals surface area contributed by atoms with Crippen molar-refractivity contribution in [2.45, 2.75) is 116 Å². The van der Waals surface area contributed by atoms with Crippen molar-refractivity contribution in [2.75, 3.05) is 15.1 Å². The molecule has 0 aromatic carbocycles. The molecule has 54 heteroatoms. The van der Waals surface area contributed by atoms with E-state index in [1.807, 2.05) is 0 Å². The molecule has 0 spiro atoms. The molecular weight excluding hydrogens is 1880 g/mol. The van der Waals surface area contributed by atoms with Crippen LogP contribution in [0.5, 0.6) is 0 Å². The van der Waals surface area contributed by atoms with E-state index in [1.54, 1.807) is 155 Å². The lowest BCUT2D eigenvalue weighted by molar-refractivity contribution is -0.160. The molecule has 127 heavy (non-hydrogen) atoms. The van der Waals surface area contributed by atoms with Gasteiger partial charge in [-0.05, 0) is 159 Å². The standard InChI is InChI=1S/C21H18F3N7O3S.C17H10F3N7O3S.C13H15N5O2.C9H11ClN2O2.C8H4BrF3N2OS.C5H3ClN2O2.H3P/c1-20(2,3)33-18(32)13-5-7-15(29-28-13)31(16-10-25-8-9-26-16)11-12-4-6-14(35-12)17-27-19(34-30-17)21(22,23)24;18-17(19,20)16-23-14(26-30-16)11-3-1-9(31-11)8-27(13-7-21-5-6-22-13)12-4-2-10(15(28)29)24-25-12;1-13(2,3)20-12(19)9-4-5-10(18-17-9)16-11-8-14-6-7-15-11;1-9(2,3)14-8(13)6-4-5-7(10)12-11-6;9-3-4-1-2-5(16-4)6-13-7(15-14-6)8(10,11)12;6-4-2-1-3(5(9)10)7-8-4;/h4-10H,11H2,1-3H3;1-7H,8H2,(H,28,29);4-8H,1-3H3,(H,15,16,18);4-5H,1-3H3;1-2H,3H2;1-2H,(H,9,10);1H3/i;;;;;;1D. The Morgan fingerprint density at radius 1 is 0.417 bits per heavy atom. The van der Waals surface area contributed by atoms with E-state index in [0.717, 1.165) is 21.1 Å². The lowest BCUT2D eigenvalue weighted by Crippen LogP contribution is -2.25. The fourth-order valence-corrected chi connectivity index (χ4v) is 12.2. The number of carboxylic acid groups (broad SMARTS) is 2. The van der Waals surface area contributed by atoms with Gasteiger partial charge in [-0.15, -0.1) is 85.0 Å². The average molecular weight is 1950 g/mol. The number of carbonyl (C=O) groups excluding carboxylic acids is 3. The van der Waals surface area contributed by atoms with E-state index in [9.17, 15) is 63.5 Å². The molecule has 14 rings (SSSR count). The van der Waals surface area contributed by atoms with Gasteiger partial charge in [0, 0.05) is 57.1 Å². The van der Waals surface area contributed by atoms with Crippen LogP contribution in [0.2, 0.25) is 10.3 Å². The molecule has 0 saturated carbocycles. The minimum atomic E-state index is -4.73. The monoisotopic (exact) mass is 1950 g/mol. The number of carboxylic acids is 2. The number of esters is 3. The van der Waals surface area contributed by atoms with E-state index in [2.05, 4.69) is 146 Å². The first-order valence-electron chi connectivity index (χ1n) is 35.7. The third-order valence-electron chi connectivity index (χ3n) is 13.9. The molecule has 38 nitrogen and oxygen atoms in total. The van der Waals surface area contributed by atoms with Crippen LogP contribution in [0.15, 0.2) is 166 Å². The summed E-state index contributed by atoms with van der Waals surface area (Å²) in [4.78, 5) is 98.3. The fraction of sp³-hybridized carbons (Fsp3) is 0.247. The number of hydrogen-bond donors (Lipinski definition) is 3. The first kappa shape index (κ1) is 97.6. The largest absolute Gasteiger partial charge is 0.476 e. The third-order valence-corrected chi connectivity index (χ3v) is 18.5. The van der Waals surface area contributed by atoms with E-state index in [1.165, 1.54) is 102 Å². The van der Waals surface area contributed by atoms with Crippen LogP contribution in [0.3, 0.4) is 0 Å². The maximum atomic E-state index is 12.8. The number of aromatic nitrogens is 22. The minimum Gasteiger partial charge on any atom is -0.476 e. The maximum absolute atomic E-state index is 12.8. The molecule has 14 heterocycles. The first-order valence-corrected chi connectivity index (χ1v) is 39.5. The van der Waals surface area contributed by atoms with Crippen molar-refractivity contribution < 1.29 is 101 Å². The normalized spacial score (nSPS) is 11.3. The number of ether oxygens (including phenoxy) is 3. The minimum absolute atomic E-state index is 0.0375. The Bertz CT molecular complexity index is 5920. The Labute approximate surface area is 744 Å². The number of aromatic carboxylic acids is 2. The van der Waals surface area contributed by atoms with Gasteiger partial charge in [-0.2, -0.15) is 64.3 Å². The molecular formula is C73H64BrCl2F9N25O13PS3. The van der Waals surface area contributed by atoms with Gasteiger partial charge in [0.1, 0.15) is 22.6 Å². The number of rotatable bonds is 19. The summed E-state index contributed by atoms with van der Waals surface area (Å²) in [5, 5.41) is 68.6. The molecule has 0 saturated heterocycles. The van der Waals surface area contributed by atoms with Gasteiger partial charge >= 0.3 is 66.0 Å². The number of carbonyl (C=O) groups is 5. The zero-order chi connectivity index (χ0) is 93.9. The summed E-state index contributed by atoms with van der Waals surface area (Å²) in [7, 11) is 1.67. The van der Waals surface area contributed by atoms with E-state index in [4.69, 9.17) is 48.9 Å². The van der Waals surface area contributed by atoms with E-state index >= 15 is 0 Å². The molecule has 1 atom stereocenters. The van der Waals surface area contributed by atoms with Gasteiger partial charge in [0.15, 0.2) is 67.9 Å². The summed E-state index contributed by atoms with van der Waals surface area (Å²) < 4.78 is 147. The number of halogens is 12. The number of nitrogens with one attached hydrogen (secondary N) is 1. The van der Waals surface area contributed by atoms with Crippen molar-refractivity contribution in [1.29, 1.82) is 1.28 Å². The second-order valence-electron chi connectivity index (χ2n) is 27.2. The van der Waals surface area contributed by atoms with Gasteiger partial charge < -0.3 is 53.1 Å². The van der Waals surface area contributed by atoms with Crippen LogP contribution in [0.1, 0.15) is 147 Å². The van der Waals surface area contributed by atoms with E-state index in [0.29, 0.717) is 59.7 Å². The second-order valence-corrected chi connectivity index (χ2v) is 32.0. The lowest BCUT2D eigenvalue weighted by Gasteiger charge is -2.22. The molecule has 0 aliphatic rings. The van der Waals surface area contributed by atoms with Crippen LogP contribution in [0, 0.1) is 0 Å². The molecule has 0 amide bonds. The predicted molar refractivity (Wildman–Crippen MR) is 442 cm³/mol. The second kappa shape index (κ2) is 44.1. The number of hydrogen-bond acceptors (Lipinski definition) is 39. The molecule has 0 aliphatic carbocycles. The molecule has 14 aromatic heterocycles. The number of anilines is 6. The Hall–Kier alpha value is -13.2. The SMILES string of the molecule is CC(C)(C)OC(=O)c1ccc(Cl)nn1.CC(C)(C)OC(=O)c1ccc(N(Cc2ccc(-c3noc(C(F)(F)F)n3)s2)c2cnccn2)nn1.CC(C)(C)OC(=O)c1ccc(Nc2cnccn2)nn1.FC(F)(F)c1nc(-c2ccc(CBr)s2)no1.O=C(O)c1ccc(Cl)nn1.O=C(O)c1ccc(N(Cc2ccc(-c3noc(C(F)(F)F)n3)s2)c2cnccn2)nn1.[2H]P. The topological polar surface area (TPSA) is 495 Å². The summed E-state index contributed by atoms with van der Waals surface area (Å²) in [6, 6.07) is 24.7. The van der Waals surface area contributed by atoms with Crippen LogP contribution in [-0.2, 0) is 51.2 Å². The van der Waals surface area contributed by atoms with Crippen molar-refractivity contribution in [3.05, 3.63) is 224 Å². The van der Waals surface area contributed by atoms with E-state index < -0.39 is 82.9 Å². The Balaban J connectivity index is 0.000000198. The quantitative estimate of drug-likeness (QED) is 0.0222. The molecule has 666 valence electrons. The summed E-state index contributed by atoms with van der Waals surface area (Å²) in [5.41, 5.74) is -1.75. The van der Waals surface area contributed by atoms with Crippen LogP contribution in [-0.4, -0.2) is 169 Å². The van der Waals surface area contributed by atoms with Gasteiger partial charge in [-0.25, -0.2) is 38.9 Å². The lowest BCUT2D eigenvalue weighted by atomic mass is 10.2. The highest BCUT2D eigenvalue weighted by atomic mass is 79.9. The molecule has 3 N–H and O–H groups in total. The van der Waals surface area contributed by atoms with Crippen molar-refractivity contribution >= 4 is 148 Å². The summed E-state index contributed by atoms with van der Waals surface area (Å²) in [5.74, 6) is -5.93. The van der Waals surface area contributed by atoms with Crippen LogP contribution in [0.25, 0.3) is 32.1 Å². The highest BCUT2D eigenvalue weighted by molar-refractivity contribution is 9.08. The Morgan fingerprint density at radius 3 is 1.03 bits per heavy atom. The van der Waals surface area contributed by atoms with Crippen molar-refractivity contribution in [3.8, 4) is 32.1 Å². The smallest absolute Gasteiger partial charge is 0.471 e. The maximum Gasteiger partial charge on any atom is 0.471 e. The Kier molecular flexibility index (Phi) is 33.9. The fourth-order valence-electron chi connectivity index (χ4n) is 8.79. The summed E-state index contributed by atoms with van der Waals surface area (Å²) in [6.07, 6.45) is -0.384. The number of nitrogens with zero attached hydrogens (tertiary/aromatic N) is 24. The first-order chi connectivity index (χ1) is 60.3. The zero-order valence-corrected chi connectivity index (χ0v) is 73.2. The molecule has 0 bridgehead atoms.